The Hall–Kier alpha value is -2.32. The van der Waals surface area contributed by atoms with Crippen LogP contribution in [0, 0.1) is 13.8 Å². The van der Waals surface area contributed by atoms with Crippen molar-refractivity contribution >= 4 is 46.0 Å². The first-order valence-corrected chi connectivity index (χ1v) is 10.8. The highest BCUT2D eigenvalue weighted by atomic mass is 32.2. The summed E-state index contributed by atoms with van der Waals surface area (Å²) >= 11 is 3.03. The van der Waals surface area contributed by atoms with Crippen molar-refractivity contribution in [2.75, 3.05) is 17.7 Å². The molecule has 28 heavy (non-hydrogen) atoms. The van der Waals surface area contributed by atoms with Crippen molar-refractivity contribution in [3.05, 3.63) is 46.3 Å². The quantitative estimate of drug-likeness (QED) is 0.475. The normalized spacial score (nSPS) is 10.4. The summed E-state index contributed by atoms with van der Waals surface area (Å²) in [5, 5.41) is 5.46. The molecule has 0 bridgehead atoms. The molecule has 2 N–H and O–H groups in total. The predicted molar refractivity (Wildman–Crippen MR) is 113 cm³/mol. The molecule has 2 rings (SSSR count). The Morgan fingerprint density at radius 3 is 2.54 bits per heavy atom. The Balaban J connectivity index is 1.91. The monoisotopic (exact) mass is 420 g/mol. The highest BCUT2D eigenvalue weighted by Gasteiger charge is 2.22. The average Bonchev–Trinajstić information content (AvgIpc) is 2.93. The van der Waals surface area contributed by atoms with Crippen LogP contribution in [-0.2, 0) is 9.53 Å². The second-order valence-electron chi connectivity index (χ2n) is 5.98. The fourth-order valence-corrected chi connectivity index (χ4v) is 4.39. The van der Waals surface area contributed by atoms with Gasteiger partial charge in [-0.25, -0.2) is 4.79 Å². The van der Waals surface area contributed by atoms with Gasteiger partial charge in [-0.15, -0.1) is 23.1 Å². The minimum atomic E-state index is -0.800. The summed E-state index contributed by atoms with van der Waals surface area (Å²) in [5.74, 6) is 0.103. The minimum absolute atomic E-state index is 0.153. The van der Waals surface area contributed by atoms with Crippen molar-refractivity contribution in [1.82, 2.24) is 5.32 Å². The summed E-state index contributed by atoms with van der Waals surface area (Å²) in [7, 11) is 0. The van der Waals surface area contributed by atoms with E-state index in [1.54, 1.807) is 25.6 Å². The number of thiophene rings is 1. The molecule has 0 aliphatic heterocycles. The molecule has 8 heteroatoms. The Morgan fingerprint density at radius 1 is 1.14 bits per heavy atom. The average molecular weight is 421 g/mol. The van der Waals surface area contributed by atoms with E-state index in [0.29, 0.717) is 17.0 Å². The largest absolute Gasteiger partial charge is 0.450 e. The number of carbonyl (C=O) groups is 3. The number of amides is 3. The summed E-state index contributed by atoms with van der Waals surface area (Å²) in [5.41, 5.74) is 1.05. The third-order valence-corrected chi connectivity index (χ3v) is 6.14. The maximum Gasteiger partial charge on any atom is 0.414 e. The number of imide groups is 1. The molecule has 0 unspecified atom stereocenters. The molecule has 3 amide bonds. The molecule has 1 heterocycles. The summed E-state index contributed by atoms with van der Waals surface area (Å²) in [6, 6.07) is 10.0. The highest BCUT2D eigenvalue weighted by Crippen LogP contribution is 2.32. The molecule has 6 nitrogen and oxygen atoms in total. The summed E-state index contributed by atoms with van der Waals surface area (Å²) in [6.07, 6.45) is 0.277. The third-order valence-electron chi connectivity index (χ3n) is 3.92. The number of ether oxygens (including phenoxy) is 1. The topological polar surface area (TPSA) is 84.5 Å². The summed E-state index contributed by atoms with van der Waals surface area (Å²) < 4.78 is 4.75. The second kappa shape index (κ2) is 10.9. The molecule has 0 aliphatic rings. The Labute approximate surface area is 173 Å². The van der Waals surface area contributed by atoms with Crippen molar-refractivity contribution in [1.29, 1.82) is 0 Å². The number of alkyl carbamates (subject to hydrolysis) is 1. The van der Waals surface area contributed by atoms with Gasteiger partial charge in [0.15, 0.2) is 0 Å². The van der Waals surface area contributed by atoms with Crippen LogP contribution < -0.4 is 10.6 Å². The van der Waals surface area contributed by atoms with E-state index in [-0.39, 0.29) is 12.5 Å². The zero-order valence-corrected chi connectivity index (χ0v) is 17.8. The molecule has 0 aliphatic carbocycles. The first kappa shape index (κ1) is 22.0. The third kappa shape index (κ3) is 6.38. The second-order valence-corrected chi connectivity index (χ2v) is 8.37. The van der Waals surface area contributed by atoms with Crippen LogP contribution in [0.1, 0.15) is 40.6 Å². The molecule has 150 valence electrons. The zero-order chi connectivity index (χ0) is 20.5. The van der Waals surface area contributed by atoms with Gasteiger partial charge in [0.05, 0.1) is 12.2 Å². The van der Waals surface area contributed by atoms with Gasteiger partial charge in [-0.2, -0.15) is 0 Å². The van der Waals surface area contributed by atoms with Gasteiger partial charge in [-0.05, 0) is 50.6 Å². The number of aryl methyl sites for hydroxylation is 1. The first-order valence-electron chi connectivity index (χ1n) is 8.98. The van der Waals surface area contributed by atoms with Gasteiger partial charge in [0.2, 0.25) is 5.91 Å². The molecule has 0 saturated heterocycles. The first-order chi connectivity index (χ1) is 13.4. The smallest absolute Gasteiger partial charge is 0.414 e. The number of carbonyl (C=O) groups excluding carboxylic acids is 3. The highest BCUT2D eigenvalue weighted by molar-refractivity contribution is 7.99. The number of nitrogens with one attached hydrogen (secondary N) is 2. The van der Waals surface area contributed by atoms with Gasteiger partial charge >= 0.3 is 6.09 Å². The van der Waals surface area contributed by atoms with Crippen LogP contribution in [-0.4, -0.2) is 30.3 Å². The molecule has 0 atom stereocenters. The van der Waals surface area contributed by atoms with E-state index in [1.165, 1.54) is 16.2 Å². The van der Waals surface area contributed by atoms with Crippen LogP contribution in [0.4, 0.5) is 9.80 Å². The van der Waals surface area contributed by atoms with Crippen LogP contribution >= 0.6 is 23.1 Å². The van der Waals surface area contributed by atoms with Crippen LogP contribution in [0.3, 0.4) is 0 Å². The van der Waals surface area contributed by atoms with Gasteiger partial charge < -0.3 is 10.1 Å². The Morgan fingerprint density at radius 2 is 1.86 bits per heavy atom. The van der Waals surface area contributed by atoms with E-state index < -0.39 is 12.0 Å². The van der Waals surface area contributed by atoms with E-state index in [1.807, 2.05) is 37.3 Å². The number of rotatable bonds is 8. The summed E-state index contributed by atoms with van der Waals surface area (Å²) in [4.78, 5) is 38.3. The SMILES string of the molecule is CCOC(=O)NC(=O)c1c(NC(=O)CCCSc2ccccc2)sc(C)c1C. The van der Waals surface area contributed by atoms with Gasteiger partial charge in [0, 0.05) is 16.2 Å². The van der Waals surface area contributed by atoms with Gasteiger partial charge in [-0.1, -0.05) is 18.2 Å². The minimum Gasteiger partial charge on any atom is -0.450 e. The molecule has 0 spiro atoms. The Bertz CT molecular complexity index is 834. The lowest BCUT2D eigenvalue weighted by molar-refractivity contribution is -0.116. The molecule has 1 aromatic carbocycles. The van der Waals surface area contributed by atoms with Gasteiger partial charge in [-0.3, -0.25) is 14.9 Å². The Kier molecular flexibility index (Phi) is 8.53. The van der Waals surface area contributed by atoms with E-state index in [0.717, 1.165) is 22.6 Å². The van der Waals surface area contributed by atoms with Gasteiger partial charge in [0.25, 0.3) is 5.91 Å². The molecular weight excluding hydrogens is 396 g/mol. The van der Waals surface area contributed by atoms with E-state index in [9.17, 15) is 14.4 Å². The van der Waals surface area contributed by atoms with Crippen molar-refractivity contribution < 1.29 is 19.1 Å². The zero-order valence-electron chi connectivity index (χ0n) is 16.2. The van der Waals surface area contributed by atoms with Crippen LogP contribution in [0.15, 0.2) is 35.2 Å². The van der Waals surface area contributed by atoms with Crippen molar-refractivity contribution in [3.8, 4) is 0 Å². The van der Waals surface area contributed by atoms with Crippen molar-refractivity contribution in [3.63, 3.8) is 0 Å². The fraction of sp³-hybridized carbons (Fsp3) is 0.350. The lowest BCUT2D eigenvalue weighted by atomic mass is 10.1. The van der Waals surface area contributed by atoms with E-state index >= 15 is 0 Å². The standard InChI is InChI=1S/C20H24N2O4S2/c1-4-26-20(25)22-18(24)17-13(2)14(3)28-19(17)21-16(23)11-8-12-27-15-9-6-5-7-10-15/h5-7,9-10H,4,8,11-12H2,1-3H3,(H,21,23)(H,22,24,25). The number of hydrogen-bond donors (Lipinski definition) is 2. The molecule has 0 saturated carbocycles. The maximum atomic E-state index is 12.4. The number of hydrogen-bond acceptors (Lipinski definition) is 6. The number of benzene rings is 1. The van der Waals surface area contributed by atoms with Crippen molar-refractivity contribution in [2.45, 2.75) is 38.5 Å². The lowest BCUT2D eigenvalue weighted by Gasteiger charge is -2.08. The van der Waals surface area contributed by atoms with E-state index in [2.05, 4.69) is 10.6 Å². The van der Waals surface area contributed by atoms with Crippen LogP contribution in [0.25, 0.3) is 0 Å². The maximum absolute atomic E-state index is 12.4. The lowest BCUT2D eigenvalue weighted by Crippen LogP contribution is -2.31. The fourth-order valence-electron chi connectivity index (χ4n) is 2.44. The molecular formula is C20H24N2O4S2. The number of thioether (sulfide) groups is 1. The van der Waals surface area contributed by atoms with E-state index in [4.69, 9.17) is 4.74 Å². The van der Waals surface area contributed by atoms with Crippen LogP contribution in [0.2, 0.25) is 0 Å². The molecule has 2 aromatic rings. The summed E-state index contributed by atoms with van der Waals surface area (Å²) in [6.45, 7) is 5.49. The van der Waals surface area contributed by atoms with Crippen LogP contribution in [0.5, 0.6) is 0 Å². The van der Waals surface area contributed by atoms with Gasteiger partial charge in [0.1, 0.15) is 5.00 Å². The molecule has 1 aromatic heterocycles. The number of anilines is 1. The molecule has 0 fully saturated rings. The van der Waals surface area contributed by atoms with Crippen molar-refractivity contribution in [2.24, 2.45) is 0 Å². The predicted octanol–water partition coefficient (Wildman–Crippen LogP) is 4.76. The molecule has 0 radical (unpaired) electrons.